The average Bonchev–Trinajstić information content (AvgIpc) is 3.06. The fourth-order valence-electron chi connectivity index (χ4n) is 2.12. The van der Waals surface area contributed by atoms with E-state index in [1.807, 2.05) is 0 Å². The number of amides is 1. The number of H-pyrrole nitrogens is 1. The number of halogens is 1. The molecule has 0 aliphatic rings. The molecule has 2 N–H and O–H groups in total. The van der Waals surface area contributed by atoms with Gasteiger partial charge >= 0.3 is 0 Å². The maximum absolute atomic E-state index is 12.8. The van der Waals surface area contributed by atoms with Gasteiger partial charge in [0.2, 0.25) is 11.7 Å². The molecule has 2 heterocycles. The van der Waals surface area contributed by atoms with Crippen LogP contribution in [0.4, 0.5) is 4.39 Å². The standard InChI is InChI=1S/C16H15FN6O/c17-12-3-1-11(2-4-12)5-6-20-15(24)9-14-21-16(23-22-14)13-10-18-7-8-19-13/h1-4,7-8,10H,5-6,9H2,(H,20,24)(H,21,22,23). The predicted molar refractivity (Wildman–Crippen MR) is 84.2 cm³/mol. The second kappa shape index (κ2) is 7.40. The number of aromatic amines is 1. The highest BCUT2D eigenvalue weighted by Gasteiger charge is 2.10. The van der Waals surface area contributed by atoms with Gasteiger partial charge in [0.25, 0.3) is 0 Å². The highest BCUT2D eigenvalue weighted by atomic mass is 19.1. The first kappa shape index (κ1) is 15.7. The number of benzene rings is 1. The second-order valence-corrected chi connectivity index (χ2v) is 5.10. The van der Waals surface area contributed by atoms with Crippen molar-refractivity contribution in [2.75, 3.05) is 6.54 Å². The van der Waals surface area contributed by atoms with E-state index in [0.29, 0.717) is 30.3 Å². The molecule has 0 atom stereocenters. The van der Waals surface area contributed by atoms with Crippen molar-refractivity contribution in [3.8, 4) is 11.5 Å². The van der Waals surface area contributed by atoms with E-state index in [4.69, 9.17) is 0 Å². The van der Waals surface area contributed by atoms with Gasteiger partial charge in [-0.15, -0.1) is 0 Å². The van der Waals surface area contributed by atoms with E-state index < -0.39 is 0 Å². The number of carbonyl (C=O) groups is 1. The fourth-order valence-corrected chi connectivity index (χ4v) is 2.12. The minimum absolute atomic E-state index is 0.0939. The zero-order valence-corrected chi connectivity index (χ0v) is 12.7. The monoisotopic (exact) mass is 326 g/mol. The molecule has 7 nitrogen and oxygen atoms in total. The molecule has 0 unspecified atom stereocenters. The Hall–Kier alpha value is -3.16. The van der Waals surface area contributed by atoms with Gasteiger partial charge < -0.3 is 5.32 Å². The number of rotatable bonds is 6. The highest BCUT2D eigenvalue weighted by molar-refractivity contribution is 5.77. The third-order valence-electron chi connectivity index (χ3n) is 3.30. The molecule has 1 amide bonds. The molecule has 3 aromatic rings. The molecular weight excluding hydrogens is 311 g/mol. The van der Waals surface area contributed by atoms with E-state index in [0.717, 1.165) is 5.56 Å². The van der Waals surface area contributed by atoms with Gasteiger partial charge in [0.05, 0.1) is 12.6 Å². The van der Waals surface area contributed by atoms with Crippen LogP contribution >= 0.6 is 0 Å². The van der Waals surface area contributed by atoms with E-state index in [2.05, 4.69) is 30.5 Å². The summed E-state index contributed by atoms with van der Waals surface area (Å²) in [6.45, 7) is 0.468. The van der Waals surface area contributed by atoms with Crippen molar-refractivity contribution in [1.82, 2.24) is 30.5 Å². The SMILES string of the molecule is O=C(Cc1nc(-c2cnccn2)n[nH]1)NCCc1ccc(F)cc1. The van der Waals surface area contributed by atoms with Crippen molar-refractivity contribution in [2.45, 2.75) is 12.8 Å². The third kappa shape index (κ3) is 4.19. The van der Waals surface area contributed by atoms with Crippen LogP contribution in [0.1, 0.15) is 11.4 Å². The summed E-state index contributed by atoms with van der Waals surface area (Å²) in [6.07, 6.45) is 5.39. The van der Waals surface area contributed by atoms with Crippen LogP contribution in [-0.4, -0.2) is 37.6 Å². The molecule has 0 radical (unpaired) electrons. The maximum atomic E-state index is 12.8. The zero-order valence-electron chi connectivity index (χ0n) is 12.7. The molecule has 0 bridgehead atoms. The van der Waals surface area contributed by atoms with Crippen LogP contribution in [0.2, 0.25) is 0 Å². The Morgan fingerprint density at radius 1 is 1.21 bits per heavy atom. The van der Waals surface area contributed by atoms with Crippen molar-refractivity contribution in [1.29, 1.82) is 0 Å². The Morgan fingerprint density at radius 3 is 2.79 bits per heavy atom. The van der Waals surface area contributed by atoms with Crippen molar-refractivity contribution in [3.63, 3.8) is 0 Å². The van der Waals surface area contributed by atoms with E-state index in [1.54, 1.807) is 30.7 Å². The lowest BCUT2D eigenvalue weighted by Crippen LogP contribution is -2.27. The second-order valence-electron chi connectivity index (χ2n) is 5.10. The van der Waals surface area contributed by atoms with Gasteiger partial charge in [-0.1, -0.05) is 12.1 Å². The Morgan fingerprint density at radius 2 is 2.04 bits per heavy atom. The van der Waals surface area contributed by atoms with E-state index >= 15 is 0 Å². The van der Waals surface area contributed by atoms with Crippen molar-refractivity contribution in [3.05, 3.63) is 60.1 Å². The smallest absolute Gasteiger partial charge is 0.227 e. The number of carbonyl (C=O) groups excluding carboxylic acids is 1. The minimum atomic E-state index is -0.271. The van der Waals surface area contributed by atoms with Crippen molar-refractivity contribution < 1.29 is 9.18 Å². The lowest BCUT2D eigenvalue weighted by atomic mass is 10.1. The molecular formula is C16H15FN6O. The Kier molecular flexibility index (Phi) is 4.85. The summed E-state index contributed by atoms with van der Waals surface area (Å²) in [6, 6.07) is 6.20. The van der Waals surface area contributed by atoms with Crippen LogP contribution in [0.5, 0.6) is 0 Å². The van der Waals surface area contributed by atoms with Gasteiger partial charge in [-0.2, -0.15) is 5.10 Å². The topological polar surface area (TPSA) is 96.4 Å². The van der Waals surface area contributed by atoms with E-state index in [1.165, 1.54) is 12.1 Å². The summed E-state index contributed by atoms with van der Waals surface area (Å²) in [5, 5.41) is 9.53. The normalized spacial score (nSPS) is 10.5. The Bertz CT molecular complexity index is 803. The van der Waals surface area contributed by atoms with Gasteiger partial charge in [0.1, 0.15) is 17.3 Å². The molecule has 2 aromatic heterocycles. The molecule has 24 heavy (non-hydrogen) atoms. The molecule has 0 aliphatic heterocycles. The molecule has 0 aliphatic carbocycles. The van der Waals surface area contributed by atoms with E-state index in [9.17, 15) is 9.18 Å². The molecule has 3 rings (SSSR count). The largest absolute Gasteiger partial charge is 0.355 e. The van der Waals surface area contributed by atoms with E-state index in [-0.39, 0.29) is 18.1 Å². The van der Waals surface area contributed by atoms with Gasteiger partial charge in [-0.05, 0) is 24.1 Å². The third-order valence-corrected chi connectivity index (χ3v) is 3.30. The number of nitrogens with one attached hydrogen (secondary N) is 2. The molecule has 0 saturated carbocycles. The maximum Gasteiger partial charge on any atom is 0.227 e. The summed E-state index contributed by atoms with van der Waals surface area (Å²) < 4.78 is 12.8. The van der Waals surface area contributed by atoms with Gasteiger partial charge in [-0.25, -0.2) is 14.4 Å². The van der Waals surface area contributed by atoms with Gasteiger partial charge in [0.15, 0.2) is 0 Å². The molecule has 1 aromatic carbocycles. The fraction of sp³-hybridized carbons (Fsp3) is 0.188. The lowest BCUT2D eigenvalue weighted by Gasteiger charge is -2.04. The van der Waals surface area contributed by atoms with Crippen molar-refractivity contribution >= 4 is 5.91 Å². The number of nitrogens with zero attached hydrogens (tertiary/aromatic N) is 4. The molecule has 122 valence electrons. The van der Waals surface area contributed by atoms with Crippen LogP contribution in [0.15, 0.2) is 42.9 Å². The summed E-state index contributed by atoms with van der Waals surface area (Å²) >= 11 is 0. The average molecular weight is 326 g/mol. The highest BCUT2D eigenvalue weighted by Crippen LogP contribution is 2.09. The zero-order chi connectivity index (χ0) is 16.8. The first-order chi connectivity index (χ1) is 11.7. The molecule has 8 heteroatoms. The summed E-state index contributed by atoms with van der Waals surface area (Å²) in [4.78, 5) is 24.2. The first-order valence-corrected chi connectivity index (χ1v) is 7.39. The van der Waals surface area contributed by atoms with Crippen LogP contribution in [0.25, 0.3) is 11.5 Å². The molecule has 0 saturated heterocycles. The van der Waals surface area contributed by atoms with Gasteiger partial charge in [-0.3, -0.25) is 14.9 Å². The Labute approximate surface area is 137 Å². The number of hydrogen-bond acceptors (Lipinski definition) is 5. The van der Waals surface area contributed by atoms with Crippen LogP contribution in [0, 0.1) is 5.82 Å². The van der Waals surface area contributed by atoms with Crippen molar-refractivity contribution in [2.24, 2.45) is 0 Å². The first-order valence-electron chi connectivity index (χ1n) is 7.39. The number of aromatic nitrogens is 5. The van der Waals surface area contributed by atoms with Crippen LogP contribution in [-0.2, 0) is 17.6 Å². The lowest BCUT2D eigenvalue weighted by molar-refractivity contribution is -0.120. The van der Waals surface area contributed by atoms with Crippen LogP contribution in [0.3, 0.4) is 0 Å². The minimum Gasteiger partial charge on any atom is -0.355 e. The summed E-state index contributed by atoms with van der Waals surface area (Å²) in [5.74, 6) is 0.415. The molecule has 0 spiro atoms. The number of hydrogen-bond donors (Lipinski definition) is 2. The predicted octanol–water partition coefficient (Wildman–Crippen LogP) is 1.30. The summed E-state index contributed by atoms with van der Waals surface area (Å²) in [5.41, 5.74) is 1.50. The van der Waals surface area contributed by atoms with Gasteiger partial charge in [0, 0.05) is 18.9 Å². The Balaban J connectivity index is 1.48. The van der Waals surface area contributed by atoms with Crippen LogP contribution < -0.4 is 5.32 Å². The quantitative estimate of drug-likeness (QED) is 0.712. The summed E-state index contributed by atoms with van der Waals surface area (Å²) in [7, 11) is 0. The molecule has 0 fully saturated rings.